The quantitative estimate of drug-likeness (QED) is 0.142. The number of nitrogens with zero attached hydrogens (tertiary/aromatic N) is 1. The number of aliphatic carboxylic acids is 1. The van der Waals surface area contributed by atoms with Crippen LogP contribution in [-0.2, 0) is 9.59 Å². The molecule has 8 nitrogen and oxygen atoms in total. The Bertz CT molecular complexity index is 1250. The molecule has 0 spiro atoms. The Morgan fingerprint density at radius 3 is 2.31 bits per heavy atom. The van der Waals surface area contributed by atoms with Gasteiger partial charge >= 0.3 is 5.97 Å². The molecular weight excluding hydrogens is 543 g/mol. The summed E-state index contributed by atoms with van der Waals surface area (Å²) in [7, 11) is -3.31. The fraction of sp³-hybridized carbons (Fsp3) is 0.429. The van der Waals surface area contributed by atoms with Gasteiger partial charge in [-0.1, -0.05) is 34.6 Å². The molecular formula is C28H37FN2O6S2. The number of carbonyl (C=O) groups is 2. The maximum atomic E-state index is 13.7. The van der Waals surface area contributed by atoms with Crippen LogP contribution >= 0.6 is 22.4 Å². The third-order valence-electron chi connectivity index (χ3n) is 7.00. The molecule has 0 aromatic heterocycles. The number of nitrogens with one attached hydrogen (secondary N) is 1. The van der Waals surface area contributed by atoms with E-state index in [-0.39, 0.29) is 22.3 Å². The second kappa shape index (κ2) is 11.8. The zero-order valence-corrected chi connectivity index (χ0v) is 24.7. The van der Waals surface area contributed by atoms with E-state index in [0.29, 0.717) is 41.9 Å². The summed E-state index contributed by atoms with van der Waals surface area (Å²) >= 11 is 1.30. The highest BCUT2D eigenvalue weighted by molar-refractivity contribution is 8.24. The first kappa shape index (κ1) is 30.8. The fourth-order valence-electron chi connectivity index (χ4n) is 4.34. The van der Waals surface area contributed by atoms with Crippen LogP contribution in [0.15, 0.2) is 58.3 Å². The van der Waals surface area contributed by atoms with Gasteiger partial charge in [0.25, 0.3) is 0 Å². The van der Waals surface area contributed by atoms with E-state index in [9.17, 15) is 23.1 Å². The normalized spacial score (nSPS) is 17.6. The molecule has 0 atom stereocenters. The lowest BCUT2D eigenvalue weighted by molar-refractivity contribution is -0.134. The van der Waals surface area contributed by atoms with Crippen molar-refractivity contribution in [3.63, 3.8) is 0 Å². The van der Waals surface area contributed by atoms with Crippen molar-refractivity contribution in [3.8, 4) is 5.75 Å². The van der Waals surface area contributed by atoms with E-state index in [2.05, 4.69) is 5.32 Å². The maximum Gasteiger partial charge on any atom is 0.368 e. The van der Waals surface area contributed by atoms with Crippen molar-refractivity contribution in [2.24, 2.45) is 10.8 Å². The Morgan fingerprint density at radius 1 is 1.18 bits per heavy atom. The number of halogens is 1. The Balaban J connectivity index is 2.15. The average Bonchev–Trinajstić information content (AvgIpc) is 2.98. The van der Waals surface area contributed by atoms with Crippen LogP contribution in [-0.4, -0.2) is 44.6 Å². The van der Waals surface area contributed by atoms with Gasteiger partial charge in [-0.05, 0) is 49.4 Å². The minimum Gasteiger partial charge on any atom is -0.476 e. The van der Waals surface area contributed by atoms with Gasteiger partial charge in [0.05, 0.1) is 15.5 Å². The molecule has 0 bridgehead atoms. The number of rotatable bonds is 8. The van der Waals surface area contributed by atoms with E-state index in [4.69, 9.17) is 9.84 Å². The molecule has 1 heterocycles. The van der Waals surface area contributed by atoms with Gasteiger partial charge in [0.15, 0.2) is 0 Å². The van der Waals surface area contributed by atoms with E-state index in [1.807, 2.05) is 63.8 Å². The molecule has 1 aliphatic rings. The number of carboxylic acids is 1. The number of carboxylic acid groups (broad SMARTS) is 1. The van der Waals surface area contributed by atoms with Gasteiger partial charge in [0.1, 0.15) is 12.0 Å². The number of benzene rings is 2. The predicted octanol–water partition coefficient (Wildman–Crippen LogP) is 7.74. The summed E-state index contributed by atoms with van der Waals surface area (Å²) in [6.45, 7) is 10.1. The zero-order chi connectivity index (χ0) is 29.2. The lowest BCUT2D eigenvalue weighted by Gasteiger charge is -2.40. The summed E-state index contributed by atoms with van der Waals surface area (Å²) in [6, 6.07) is 10.6. The van der Waals surface area contributed by atoms with E-state index in [0.717, 1.165) is 5.69 Å². The number of fused-ring (bicyclic) bond motifs is 1. The highest BCUT2D eigenvalue weighted by Gasteiger charge is 2.41. The summed E-state index contributed by atoms with van der Waals surface area (Å²) < 4.78 is 42.0. The largest absolute Gasteiger partial charge is 0.476 e. The van der Waals surface area contributed by atoms with Crippen LogP contribution in [0.25, 0.3) is 0 Å². The molecule has 214 valence electrons. The predicted molar refractivity (Wildman–Crippen MR) is 156 cm³/mol. The van der Waals surface area contributed by atoms with Crippen LogP contribution < -0.4 is 15.0 Å². The highest BCUT2D eigenvalue weighted by atomic mass is 32.3. The summed E-state index contributed by atoms with van der Waals surface area (Å²) in [5.74, 6) is -3.08. The fourth-order valence-corrected chi connectivity index (χ4v) is 7.19. The number of hydrogen-bond donors (Lipinski definition) is 4. The van der Waals surface area contributed by atoms with Crippen molar-refractivity contribution in [3.05, 3.63) is 48.5 Å². The smallest absolute Gasteiger partial charge is 0.368 e. The lowest BCUT2D eigenvalue weighted by Crippen LogP contribution is -2.36. The number of carbonyl (C=O) groups excluding carboxylic acids is 1. The molecule has 4 N–H and O–H groups in total. The van der Waals surface area contributed by atoms with Crippen molar-refractivity contribution in [2.75, 3.05) is 28.8 Å². The van der Waals surface area contributed by atoms with Gasteiger partial charge in [-0.2, -0.15) is 15.0 Å². The van der Waals surface area contributed by atoms with Gasteiger partial charge in [-0.15, -0.1) is 11.8 Å². The van der Waals surface area contributed by atoms with Crippen molar-refractivity contribution in [1.82, 2.24) is 0 Å². The van der Waals surface area contributed by atoms with Crippen molar-refractivity contribution in [2.45, 2.75) is 57.3 Å². The van der Waals surface area contributed by atoms with Crippen LogP contribution in [0.1, 0.15) is 47.5 Å². The zero-order valence-electron chi connectivity index (χ0n) is 23.1. The molecule has 0 fully saturated rings. The second-order valence-electron chi connectivity index (χ2n) is 10.7. The molecule has 1 aliphatic heterocycles. The number of thioether (sulfide) groups is 1. The third kappa shape index (κ3) is 6.89. The van der Waals surface area contributed by atoms with Crippen LogP contribution in [0.5, 0.6) is 5.75 Å². The van der Waals surface area contributed by atoms with Gasteiger partial charge in [-0.25, -0.2) is 4.79 Å². The Kier molecular flexibility index (Phi) is 9.31. The molecule has 3 rings (SSSR count). The van der Waals surface area contributed by atoms with Crippen LogP contribution in [0.4, 0.5) is 21.5 Å². The van der Waals surface area contributed by atoms with Crippen LogP contribution in [0.2, 0.25) is 0 Å². The molecule has 2 aromatic rings. The van der Waals surface area contributed by atoms with E-state index < -0.39 is 33.2 Å². The molecule has 0 saturated carbocycles. The number of anilines is 3. The monoisotopic (exact) mass is 580 g/mol. The lowest BCUT2D eigenvalue weighted by atomic mass is 9.83. The SMILES string of the molecule is CCC1(CC)CN(c2ccc(NC(=O)C(C)(C)C)cc2)c2cc(SC)c(O/C=C(\F)C(=O)O)cc2S(O)(O)C1. The van der Waals surface area contributed by atoms with Crippen molar-refractivity contribution in [1.29, 1.82) is 0 Å². The second-order valence-corrected chi connectivity index (χ2v) is 13.6. The number of amides is 1. The molecule has 0 saturated heterocycles. The standard InChI is InChI=1S/C28H37FN2O6S2/c1-7-28(8-2)16-31(19-11-9-18(10-12-19)30-26(34)27(3,4)5)21-13-23(38-6)22(37-15-20(29)25(32)33)14-24(21)39(35,36)17-28/h9-15,35-36H,7-8,16-17H2,1-6H3,(H,30,34)(H,32,33)/b20-15-. The molecule has 0 unspecified atom stereocenters. The van der Waals surface area contributed by atoms with Crippen molar-refractivity contribution < 1.29 is 32.9 Å². The van der Waals surface area contributed by atoms with Crippen LogP contribution in [0.3, 0.4) is 0 Å². The molecule has 0 radical (unpaired) electrons. The first-order valence-electron chi connectivity index (χ1n) is 12.6. The summed E-state index contributed by atoms with van der Waals surface area (Å²) in [6.07, 6.45) is 3.70. The van der Waals surface area contributed by atoms with Crippen molar-refractivity contribution >= 4 is 51.3 Å². The molecule has 39 heavy (non-hydrogen) atoms. The van der Waals surface area contributed by atoms with E-state index in [1.54, 1.807) is 12.3 Å². The van der Waals surface area contributed by atoms with Gasteiger partial charge < -0.3 is 20.1 Å². The summed E-state index contributed by atoms with van der Waals surface area (Å²) in [5, 5.41) is 11.8. The molecule has 0 aliphatic carbocycles. The summed E-state index contributed by atoms with van der Waals surface area (Å²) in [4.78, 5) is 26.2. The Labute approximate surface area is 235 Å². The topological polar surface area (TPSA) is 119 Å². The van der Waals surface area contributed by atoms with Gasteiger partial charge in [0.2, 0.25) is 11.7 Å². The first-order chi connectivity index (χ1) is 18.2. The summed E-state index contributed by atoms with van der Waals surface area (Å²) in [5.41, 5.74) is 1.05. The minimum absolute atomic E-state index is 0.106. The molecule has 2 aromatic carbocycles. The van der Waals surface area contributed by atoms with Gasteiger partial charge in [0, 0.05) is 40.6 Å². The minimum atomic E-state index is -3.31. The highest BCUT2D eigenvalue weighted by Crippen LogP contribution is 2.61. The maximum absolute atomic E-state index is 13.7. The molecule has 11 heteroatoms. The third-order valence-corrected chi connectivity index (χ3v) is 9.81. The molecule has 1 amide bonds. The Hall–Kier alpha value is -2.73. The van der Waals surface area contributed by atoms with Gasteiger partial charge in [-0.3, -0.25) is 13.9 Å². The first-order valence-corrected chi connectivity index (χ1v) is 15.5. The van der Waals surface area contributed by atoms with Crippen LogP contribution in [0, 0.1) is 10.8 Å². The average molecular weight is 581 g/mol. The Morgan fingerprint density at radius 2 is 1.79 bits per heavy atom. The number of hydrogen-bond acceptors (Lipinski definition) is 7. The van der Waals surface area contributed by atoms with E-state index in [1.165, 1.54) is 17.8 Å². The van der Waals surface area contributed by atoms with E-state index >= 15 is 0 Å². The number of ether oxygens (including phenoxy) is 1.